The lowest BCUT2D eigenvalue weighted by atomic mass is 9.98. The summed E-state index contributed by atoms with van der Waals surface area (Å²) < 4.78 is 10.5. The Bertz CT molecular complexity index is 1260. The Kier molecular flexibility index (Phi) is 7.21. The standard InChI is InChI=1S/C27H25N3O5/c1-18(31)28-22-10-6-9-21(15-22)27(33)35-17-26(32)30-25(20-11-13-23(34-2)14-12-20)16-24(29-30)19-7-4-3-5-8-19/h3-15,25H,16-17H2,1-2H3,(H,28,31). The smallest absolute Gasteiger partial charge is 0.338 e. The average molecular weight is 472 g/mol. The van der Waals surface area contributed by atoms with E-state index in [9.17, 15) is 14.4 Å². The van der Waals surface area contributed by atoms with Gasteiger partial charge in [-0.1, -0.05) is 48.5 Å². The topological polar surface area (TPSA) is 97.3 Å². The quantitative estimate of drug-likeness (QED) is 0.521. The van der Waals surface area contributed by atoms with Gasteiger partial charge in [-0.05, 0) is 41.5 Å². The third-order valence-electron chi connectivity index (χ3n) is 5.52. The van der Waals surface area contributed by atoms with Crippen LogP contribution < -0.4 is 10.1 Å². The van der Waals surface area contributed by atoms with E-state index in [1.807, 2.05) is 54.6 Å². The van der Waals surface area contributed by atoms with Crippen LogP contribution in [0.3, 0.4) is 0 Å². The Balaban J connectivity index is 1.51. The maximum atomic E-state index is 13.1. The molecule has 1 unspecified atom stereocenters. The minimum absolute atomic E-state index is 0.227. The monoisotopic (exact) mass is 471 g/mol. The molecule has 3 aromatic rings. The van der Waals surface area contributed by atoms with Crippen LogP contribution in [0, 0.1) is 0 Å². The highest BCUT2D eigenvalue weighted by molar-refractivity contribution is 6.03. The van der Waals surface area contributed by atoms with Gasteiger partial charge in [-0.3, -0.25) is 9.59 Å². The lowest BCUT2D eigenvalue weighted by Gasteiger charge is -2.22. The molecule has 0 spiro atoms. The van der Waals surface area contributed by atoms with Gasteiger partial charge in [0.25, 0.3) is 5.91 Å². The van der Waals surface area contributed by atoms with Gasteiger partial charge in [-0.15, -0.1) is 0 Å². The molecule has 1 N–H and O–H groups in total. The molecule has 0 saturated carbocycles. The van der Waals surface area contributed by atoms with Gasteiger partial charge in [0.1, 0.15) is 5.75 Å². The molecule has 0 fully saturated rings. The molecule has 8 nitrogen and oxygen atoms in total. The van der Waals surface area contributed by atoms with Gasteiger partial charge in [0.2, 0.25) is 5.91 Å². The second-order valence-electron chi connectivity index (χ2n) is 7.98. The van der Waals surface area contributed by atoms with Gasteiger partial charge in [-0.2, -0.15) is 5.10 Å². The molecule has 0 bridgehead atoms. The Morgan fingerprint density at radius 2 is 1.74 bits per heavy atom. The first-order chi connectivity index (χ1) is 16.9. The fraction of sp³-hybridized carbons (Fsp3) is 0.185. The summed E-state index contributed by atoms with van der Waals surface area (Å²) in [5.74, 6) is -0.651. The molecule has 1 heterocycles. The van der Waals surface area contributed by atoms with E-state index in [2.05, 4.69) is 10.4 Å². The number of hydrogen-bond acceptors (Lipinski definition) is 6. The third kappa shape index (κ3) is 5.73. The van der Waals surface area contributed by atoms with Crippen LogP contribution in [-0.4, -0.2) is 42.2 Å². The van der Waals surface area contributed by atoms with Gasteiger partial charge in [-0.25, -0.2) is 9.80 Å². The highest BCUT2D eigenvalue weighted by atomic mass is 16.5. The van der Waals surface area contributed by atoms with Crippen molar-refractivity contribution in [1.82, 2.24) is 5.01 Å². The molecule has 4 rings (SSSR count). The molecule has 35 heavy (non-hydrogen) atoms. The molecule has 2 amide bonds. The molecule has 1 aliphatic heterocycles. The lowest BCUT2D eigenvalue weighted by molar-refractivity contribution is -0.136. The highest BCUT2D eigenvalue weighted by Gasteiger charge is 2.33. The summed E-state index contributed by atoms with van der Waals surface area (Å²) in [4.78, 5) is 37.0. The number of carbonyl (C=O) groups excluding carboxylic acids is 3. The van der Waals surface area contributed by atoms with Crippen molar-refractivity contribution in [2.24, 2.45) is 5.10 Å². The van der Waals surface area contributed by atoms with Crippen molar-refractivity contribution >= 4 is 29.2 Å². The molecule has 0 aromatic heterocycles. The van der Waals surface area contributed by atoms with Crippen molar-refractivity contribution in [1.29, 1.82) is 0 Å². The number of nitrogens with zero attached hydrogens (tertiary/aromatic N) is 2. The van der Waals surface area contributed by atoms with Crippen LogP contribution in [-0.2, 0) is 14.3 Å². The summed E-state index contributed by atoms with van der Waals surface area (Å²) in [6.07, 6.45) is 0.523. The summed E-state index contributed by atoms with van der Waals surface area (Å²) in [5, 5.41) is 8.58. The minimum atomic E-state index is -0.669. The third-order valence-corrected chi connectivity index (χ3v) is 5.52. The first kappa shape index (κ1) is 23.7. The number of ether oxygens (including phenoxy) is 2. The van der Waals surface area contributed by atoms with E-state index < -0.39 is 18.5 Å². The van der Waals surface area contributed by atoms with E-state index in [-0.39, 0.29) is 17.5 Å². The van der Waals surface area contributed by atoms with Crippen LogP contribution in [0.5, 0.6) is 5.75 Å². The summed E-state index contributed by atoms with van der Waals surface area (Å²) >= 11 is 0. The fourth-order valence-corrected chi connectivity index (χ4v) is 3.83. The Hall–Kier alpha value is -4.46. The van der Waals surface area contributed by atoms with Crippen LogP contribution in [0.4, 0.5) is 5.69 Å². The zero-order chi connectivity index (χ0) is 24.8. The number of amides is 2. The average Bonchev–Trinajstić information content (AvgIpc) is 3.33. The molecule has 0 saturated heterocycles. The van der Waals surface area contributed by atoms with Crippen LogP contribution in [0.1, 0.15) is 40.9 Å². The molecule has 3 aromatic carbocycles. The van der Waals surface area contributed by atoms with Crippen LogP contribution in [0.2, 0.25) is 0 Å². The number of hydrogen-bond donors (Lipinski definition) is 1. The number of anilines is 1. The van der Waals surface area contributed by atoms with E-state index in [1.54, 1.807) is 25.3 Å². The molecule has 8 heteroatoms. The van der Waals surface area contributed by atoms with Gasteiger partial charge in [0, 0.05) is 19.0 Å². The Morgan fingerprint density at radius 1 is 1.00 bits per heavy atom. The van der Waals surface area contributed by atoms with E-state index in [4.69, 9.17) is 9.47 Å². The highest BCUT2D eigenvalue weighted by Crippen LogP contribution is 2.33. The number of benzene rings is 3. The molecular formula is C27H25N3O5. The summed E-state index contributed by atoms with van der Waals surface area (Å²) in [5.41, 5.74) is 3.28. The number of hydrazone groups is 1. The Morgan fingerprint density at radius 3 is 2.43 bits per heavy atom. The maximum absolute atomic E-state index is 13.1. The largest absolute Gasteiger partial charge is 0.497 e. The van der Waals surface area contributed by atoms with Gasteiger partial charge < -0.3 is 14.8 Å². The molecular weight excluding hydrogens is 446 g/mol. The first-order valence-corrected chi connectivity index (χ1v) is 11.1. The van der Waals surface area contributed by atoms with Crippen molar-refractivity contribution in [2.45, 2.75) is 19.4 Å². The van der Waals surface area contributed by atoms with Crippen molar-refractivity contribution in [3.8, 4) is 5.75 Å². The summed E-state index contributed by atoms with van der Waals surface area (Å²) in [6, 6.07) is 23.1. The second kappa shape index (κ2) is 10.6. The molecule has 1 aliphatic rings. The summed E-state index contributed by atoms with van der Waals surface area (Å²) in [7, 11) is 1.59. The van der Waals surface area contributed by atoms with Gasteiger partial charge in [0.05, 0.1) is 24.4 Å². The van der Waals surface area contributed by atoms with Crippen molar-refractivity contribution in [2.75, 3.05) is 19.0 Å². The molecule has 1 atom stereocenters. The van der Waals surface area contributed by atoms with Crippen LogP contribution in [0.25, 0.3) is 0 Å². The lowest BCUT2D eigenvalue weighted by Crippen LogP contribution is -2.31. The van der Waals surface area contributed by atoms with E-state index in [0.29, 0.717) is 17.9 Å². The zero-order valence-electron chi connectivity index (χ0n) is 19.4. The van der Waals surface area contributed by atoms with E-state index in [0.717, 1.165) is 16.8 Å². The van der Waals surface area contributed by atoms with E-state index in [1.165, 1.54) is 18.0 Å². The normalized spacial score (nSPS) is 14.7. The second-order valence-corrected chi connectivity index (χ2v) is 7.98. The number of carbonyl (C=O) groups is 3. The van der Waals surface area contributed by atoms with Crippen molar-refractivity contribution in [3.63, 3.8) is 0 Å². The minimum Gasteiger partial charge on any atom is -0.497 e. The summed E-state index contributed by atoms with van der Waals surface area (Å²) in [6.45, 7) is 0.907. The molecule has 178 valence electrons. The number of esters is 1. The SMILES string of the molecule is COc1ccc(C2CC(c3ccccc3)=NN2C(=O)COC(=O)c2cccc(NC(C)=O)c2)cc1. The van der Waals surface area contributed by atoms with Gasteiger partial charge in [0.15, 0.2) is 6.61 Å². The number of methoxy groups -OCH3 is 1. The first-order valence-electron chi connectivity index (χ1n) is 11.1. The molecule has 0 radical (unpaired) electrons. The van der Waals surface area contributed by atoms with Gasteiger partial charge >= 0.3 is 5.97 Å². The Labute approximate surface area is 203 Å². The van der Waals surface area contributed by atoms with E-state index >= 15 is 0 Å². The number of rotatable bonds is 7. The van der Waals surface area contributed by atoms with Crippen molar-refractivity contribution < 1.29 is 23.9 Å². The zero-order valence-corrected chi connectivity index (χ0v) is 19.4. The van der Waals surface area contributed by atoms with Crippen molar-refractivity contribution in [3.05, 3.63) is 95.6 Å². The maximum Gasteiger partial charge on any atom is 0.338 e. The fourth-order valence-electron chi connectivity index (χ4n) is 3.83. The predicted octanol–water partition coefficient (Wildman–Crippen LogP) is 4.19. The van der Waals surface area contributed by atoms with Crippen LogP contribution in [0.15, 0.2) is 84.0 Å². The predicted molar refractivity (Wildman–Crippen MR) is 131 cm³/mol. The number of nitrogens with one attached hydrogen (secondary N) is 1. The molecule has 0 aliphatic carbocycles. The van der Waals surface area contributed by atoms with Crippen LogP contribution >= 0.6 is 0 Å².